The van der Waals surface area contributed by atoms with E-state index in [1.54, 1.807) is 6.07 Å². The molecule has 23 heavy (non-hydrogen) atoms. The summed E-state index contributed by atoms with van der Waals surface area (Å²) in [4.78, 5) is 27.1. The molecule has 0 aromatic carbocycles. The standard InChI is InChI=1S/C14H15F3N2O3S/c15-14(16,17)12(21)22-11(20)13(5-1-2-9(13)23)6-8-3-4-10(18)19-7-8/h3-4,7,9,23H,1-2,5-6H2,(H2,18,19). The minimum Gasteiger partial charge on any atom is -0.386 e. The van der Waals surface area contributed by atoms with Crippen LogP contribution in [0.15, 0.2) is 18.3 Å². The molecular formula is C14H15F3N2O3S. The summed E-state index contributed by atoms with van der Waals surface area (Å²) in [7, 11) is 0. The number of hydrogen-bond acceptors (Lipinski definition) is 6. The number of rotatable bonds is 3. The van der Waals surface area contributed by atoms with Gasteiger partial charge in [0.25, 0.3) is 0 Å². The maximum absolute atomic E-state index is 12.3. The molecule has 1 heterocycles. The molecule has 1 fully saturated rings. The van der Waals surface area contributed by atoms with Crippen molar-refractivity contribution in [3.05, 3.63) is 23.9 Å². The minimum atomic E-state index is -5.22. The third-order valence-corrected chi connectivity index (χ3v) is 4.68. The van der Waals surface area contributed by atoms with Crippen molar-refractivity contribution in [2.24, 2.45) is 5.41 Å². The number of nitrogens with two attached hydrogens (primary N) is 1. The minimum absolute atomic E-state index is 0.0818. The summed E-state index contributed by atoms with van der Waals surface area (Å²) in [5.74, 6) is -3.43. The van der Waals surface area contributed by atoms with Gasteiger partial charge in [-0.2, -0.15) is 25.8 Å². The number of pyridine rings is 1. The molecule has 2 atom stereocenters. The van der Waals surface area contributed by atoms with Gasteiger partial charge >= 0.3 is 18.1 Å². The van der Waals surface area contributed by atoms with Crippen molar-refractivity contribution in [1.29, 1.82) is 0 Å². The van der Waals surface area contributed by atoms with Gasteiger partial charge in [-0.1, -0.05) is 12.5 Å². The Morgan fingerprint density at radius 2 is 2.13 bits per heavy atom. The maximum atomic E-state index is 12.3. The lowest BCUT2D eigenvalue weighted by atomic mass is 9.80. The summed E-state index contributed by atoms with van der Waals surface area (Å²) >= 11 is 4.32. The lowest BCUT2D eigenvalue weighted by Crippen LogP contribution is -2.42. The molecule has 0 saturated heterocycles. The average Bonchev–Trinajstić information content (AvgIpc) is 2.82. The van der Waals surface area contributed by atoms with Crippen molar-refractivity contribution in [2.45, 2.75) is 37.1 Å². The second kappa shape index (κ2) is 6.38. The van der Waals surface area contributed by atoms with E-state index in [2.05, 4.69) is 22.3 Å². The van der Waals surface area contributed by atoms with Crippen molar-refractivity contribution < 1.29 is 27.5 Å². The molecule has 5 nitrogen and oxygen atoms in total. The van der Waals surface area contributed by atoms with E-state index in [1.807, 2.05) is 0 Å². The molecule has 1 aliphatic rings. The van der Waals surface area contributed by atoms with Gasteiger partial charge in [-0.25, -0.2) is 9.78 Å². The van der Waals surface area contributed by atoms with E-state index in [1.165, 1.54) is 12.3 Å². The first-order valence-corrected chi connectivity index (χ1v) is 7.39. The normalized spacial score (nSPS) is 24.4. The zero-order valence-corrected chi connectivity index (χ0v) is 12.9. The van der Waals surface area contributed by atoms with Gasteiger partial charge in [0.15, 0.2) is 0 Å². The number of thiol groups is 1. The molecule has 2 N–H and O–H groups in total. The van der Waals surface area contributed by atoms with Gasteiger partial charge in [-0.05, 0) is 30.9 Å². The summed E-state index contributed by atoms with van der Waals surface area (Å²) in [5, 5.41) is -0.506. The Morgan fingerprint density at radius 3 is 2.61 bits per heavy atom. The van der Waals surface area contributed by atoms with E-state index >= 15 is 0 Å². The number of carbonyl (C=O) groups excluding carboxylic acids is 2. The molecule has 9 heteroatoms. The highest BCUT2D eigenvalue weighted by Crippen LogP contribution is 2.45. The first-order chi connectivity index (χ1) is 10.6. The molecule has 1 aromatic heterocycles. The van der Waals surface area contributed by atoms with Crippen LogP contribution in [0.2, 0.25) is 0 Å². The van der Waals surface area contributed by atoms with E-state index in [-0.39, 0.29) is 18.7 Å². The van der Waals surface area contributed by atoms with Crippen LogP contribution in [0.3, 0.4) is 0 Å². The molecule has 0 aliphatic heterocycles. The Labute approximate surface area is 135 Å². The molecule has 2 unspecified atom stereocenters. The number of esters is 2. The summed E-state index contributed by atoms with van der Waals surface area (Å²) in [6.45, 7) is 0. The Bertz CT molecular complexity index is 606. The lowest BCUT2D eigenvalue weighted by molar-refractivity contribution is -0.205. The zero-order chi connectivity index (χ0) is 17.3. The van der Waals surface area contributed by atoms with Crippen LogP contribution in [0.4, 0.5) is 19.0 Å². The van der Waals surface area contributed by atoms with Crippen molar-refractivity contribution in [2.75, 3.05) is 5.73 Å². The number of halogens is 3. The van der Waals surface area contributed by atoms with Crippen molar-refractivity contribution in [1.82, 2.24) is 4.98 Å². The van der Waals surface area contributed by atoms with Gasteiger partial charge in [-0.15, -0.1) is 0 Å². The Hall–Kier alpha value is -1.77. The quantitative estimate of drug-likeness (QED) is 0.498. The summed E-state index contributed by atoms with van der Waals surface area (Å²) in [6, 6.07) is 3.15. The van der Waals surface area contributed by atoms with Crippen LogP contribution in [0, 0.1) is 5.41 Å². The number of aromatic nitrogens is 1. The predicted octanol–water partition coefficient (Wildman–Crippen LogP) is 2.31. The van der Waals surface area contributed by atoms with Crippen molar-refractivity contribution in [3.63, 3.8) is 0 Å². The predicted molar refractivity (Wildman–Crippen MR) is 78.6 cm³/mol. The highest BCUT2D eigenvalue weighted by molar-refractivity contribution is 7.81. The summed E-state index contributed by atoms with van der Waals surface area (Å²) < 4.78 is 41.0. The number of nitrogen functional groups attached to an aromatic ring is 1. The van der Waals surface area contributed by atoms with E-state index in [9.17, 15) is 22.8 Å². The molecule has 126 valence electrons. The van der Waals surface area contributed by atoms with Gasteiger partial charge < -0.3 is 10.5 Å². The number of carbonyl (C=O) groups is 2. The van der Waals surface area contributed by atoms with Gasteiger partial charge in [0.2, 0.25) is 0 Å². The Kier molecular flexibility index (Phi) is 4.88. The van der Waals surface area contributed by atoms with E-state index in [0.29, 0.717) is 18.4 Å². The topological polar surface area (TPSA) is 82.3 Å². The lowest BCUT2D eigenvalue weighted by Gasteiger charge is -2.30. The second-order valence-corrected chi connectivity index (χ2v) is 6.13. The monoisotopic (exact) mass is 348 g/mol. The van der Waals surface area contributed by atoms with Crippen LogP contribution in [-0.4, -0.2) is 28.3 Å². The van der Waals surface area contributed by atoms with Crippen LogP contribution >= 0.6 is 12.6 Å². The van der Waals surface area contributed by atoms with Crippen LogP contribution in [-0.2, 0) is 20.7 Å². The SMILES string of the molecule is Nc1ccc(CC2(C(=O)OC(=O)C(F)(F)F)CCCC2S)cn1. The zero-order valence-electron chi connectivity index (χ0n) is 12.0. The number of anilines is 1. The largest absolute Gasteiger partial charge is 0.491 e. The third-order valence-electron chi connectivity index (χ3n) is 3.93. The second-order valence-electron chi connectivity index (χ2n) is 5.51. The molecule has 1 aliphatic carbocycles. The number of alkyl halides is 3. The van der Waals surface area contributed by atoms with E-state index in [4.69, 9.17) is 5.73 Å². The third kappa shape index (κ3) is 3.77. The number of ether oxygens (including phenoxy) is 1. The van der Waals surface area contributed by atoms with Crippen molar-refractivity contribution in [3.8, 4) is 0 Å². The van der Waals surface area contributed by atoms with Crippen LogP contribution in [0.1, 0.15) is 24.8 Å². The van der Waals surface area contributed by atoms with Gasteiger partial charge in [-0.3, -0.25) is 4.79 Å². The van der Waals surface area contributed by atoms with Crippen LogP contribution in [0.25, 0.3) is 0 Å². The summed E-state index contributed by atoms with van der Waals surface area (Å²) in [5.41, 5.74) is 4.80. The first-order valence-electron chi connectivity index (χ1n) is 6.87. The molecule has 0 spiro atoms. The number of nitrogens with zero attached hydrogens (tertiary/aromatic N) is 1. The molecule has 2 rings (SSSR count). The molecular weight excluding hydrogens is 333 g/mol. The molecule has 0 amide bonds. The highest BCUT2D eigenvalue weighted by atomic mass is 32.1. The van der Waals surface area contributed by atoms with Crippen LogP contribution < -0.4 is 5.73 Å². The number of hydrogen-bond donors (Lipinski definition) is 2. The van der Waals surface area contributed by atoms with E-state index < -0.39 is 28.8 Å². The fourth-order valence-corrected chi connectivity index (χ4v) is 3.23. The summed E-state index contributed by atoms with van der Waals surface area (Å²) in [6.07, 6.45) is -2.26. The Balaban J connectivity index is 2.24. The Morgan fingerprint density at radius 1 is 1.43 bits per heavy atom. The first kappa shape index (κ1) is 17.6. The van der Waals surface area contributed by atoms with Crippen LogP contribution in [0.5, 0.6) is 0 Å². The molecule has 1 saturated carbocycles. The molecule has 1 aromatic rings. The highest BCUT2D eigenvalue weighted by Gasteiger charge is 2.52. The molecule has 0 bridgehead atoms. The fourth-order valence-electron chi connectivity index (χ4n) is 2.72. The van der Waals surface area contributed by atoms with Gasteiger partial charge in [0.1, 0.15) is 5.82 Å². The van der Waals surface area contributed by atoms with Gasteiger partial charge in [0, 0.05) is 11.4 Å². The maximum Gasteiger partial charge on any atom is 0.491 e. The fraction of sp³-hybridized carbons (Fsp3) is 0.500. The molecule has 0 radical (unpaired) electrons. The van der Waals surface area contributed by atoms with Crippen molar-refractivity contribution >= 4 is 30.4 Å². The van der Waals surface area contributed by atoms with E-state index in [0.717, 1.165) is 0 Å². The smallest absolute Gasteiger partial charge is 0.386 e. The van der Waals surface area contributed by atoms with Gasteiger partial charge in [0.05, 0.1) is 5.41 Å². The average molecular weight is 348 g/mol.